The molecule has 3 atom stereocenters. The van der Waals surface area contributed by atoms with E-state index in [1.54, 1.807) is 0 Å². The summed E-state index contributed by atoms with van der Waals surface area (Å²) in [4.78, 5) is 3.29. The van der Waals surface area contributed by atoms with E-state index in [9.17, 15) is 0 Å². The highest BCUT2D eigenvalue weighted by molar-refractivity contribution is 6.32. The number of nitriles is 1. The molecule has 1 aliphatic carbocycles. The highest BCUT2D eigenvalue weighted by atomic mass is 35.5. The lowest BCUT2D eigenvalue weighted by molar-refractivity contribution is 0.271. The van der Waals surface area contributed by atoms with Gasteiger partial charge in [-0.1, -0.05) is 23.7 Å². The van der Waals surface area contributed by atoms with E-state index in [-0.39, 0.29) is 0 Å². The minimum atomic E-state index is 0.455. The van der Waals surface area contributed by atoms with Gasteiger partial charge in [-0.15, -0.1) is 0 Å². The monoisotopic (exact) mass is 285 g/mol. The van der Waals surface area contributed by atoms with Gasteiger partial charge in [-0.2, -0.15) is 5.26 Å². The van der Waals surface area contributed by atoms with Gasteiger partial charge in [-0.05, 0) is 42.5 Å². The Morgan fingerprint density at radius 2 is 2.30 bits per heavy atom. The van der Waals surface area contributed by atoms with Crippen molar-refractivity contribution in [2.24, 2.45) is 5.92 Å². The Hall–Kier alpha value is -1.50. The smallest absolute Gasteiger partial charge is 0.110 e. The van der Waals surface area contributed by atoms with E-state index in [1.165, 1.54) is 16.5 Å². The summed E-state index contributed by atoms with van der Waals surface area (Å²) in [7, 11) is 0. The zero-order valence-electron chi connectivity index (χ0n) is 11.1. The molecule has 0 saturated carbocycles. The predicted molar refractivity (Wildman–Crippen MR) is 79.9 cm³/mol. The van der Waals surface area contributed by atoms with Gasteiger partial charge in [0.2, 0.25) is 0 Å². The third-order valence-corrected chi connectivity index (χ3v) is 5.18. The van der Waals surface area contributed by atoms with Gasteiger partial charge in [0, 0.05) is 29.3 Å². The number of H-pyrrole nitrogens is 1. The van der Waals surface area contributed by atoms with Gasteiger partial charge >= 0.3 is 0 Å². The summed E-state index contributed by atoms with van der Waals surface area (Å²) >= 11 is 6.36. The van der Waals surface area contributed by atoms with Crippen LogP contribution in [0.3, 0.4) is 0 Å². The number of nitrogens with one attached hydrogen (secondary N) is 2. The number of benzene rings is 1. The molecule has 4 rings (SSSR count). The van der Waals surface area contributed by atoms with Gasteiger partial charge in [-0.25, -0.2) is 0 Å². The van der Waals surface area contributed by atoms with Crippen molar-refractivity contribution in [3.05, 3.63) is 34.5 Å². The molecule has 1 unspecified atom stereocenters. The van der Waals surface area contributed by atoms with Gasteiger partial charge in [0.25, 0.3) is 0 Å². The number of rotatable bonds is 1. The Balaban J connectivity index is 1.82. The summed E-state index contributed by atoms with van der Waals surface area (Å²) in [5, 5.41) is 14.7. The molecule has 2 N–H and O–H groups in total. The molecule has 2 aliphatic rings. The number of hydrogen-bond acceptors (Lipinski definition) is 2. The maximum Gasteiger partial charge on any atom is 0.110 e. The molecular weight excluding hydrogens is 270 g/mol. The first-order valence-corrected chi connectivity index (χ1v) is 7.55. The van der Waals surface area contributed by atoms with Crippen LogP contribution in [0.15, 0.2) is 18.2 Å². The van der Waals surface area contributed by atoms with Gasteiger partial charge < -0.3 is 10.3 Å². The van der Waals surface area contributed by atoms with Crippen LogP contribution in [0.4, 0.5) is 0 Å². The van der Waals surface area contributed by atoms with Crippen LogP contribution in [0.2, 0.25) is 5.15 Å². The fourth-order valence-electron chi connectivity index (χ4n) is 3.94. The lowest BCUT2D eigenvalue weighted by Crippen LogP contribution is -2.46. The first-order chi connectivity index (χ1) is 9.78. The van der Waals surface area contributed by atoms with Crippen LogP contribution in [0.5, 0.6) is 0 Å². The van der Waals surface area contributed by atoms with Crippen LogP contribution in [0.1, 0.15) is 29.9 Å². The van der Waals surface area contributed by atoms with Crippen LogP contribution >= 0.6 is 11.6 Å². The second-order valence-electron chi connectivity index (χ2n) is 5.98. The van der Waals surface area contributed by atoms with E-state index in [2.05, 4.69) is 34.6 Å². The molecule has 20 heavy (non-hydrogen) atoms. The summed E-state index contributed by atoms with van der Waals surface area (Å²) in [5.74, 6) is 0.970. The van der Waals surface area contributed by atoms with Crippen molar-refractivity contribution >= 4 is 22.5 Å². The topological polar surface area (TPSA) is 51.6 Å². The maximum atomic E-state index is 8.93. The van der Waals surface area contributed by atoms with E-state index < -0.39 is 0 Å². The molecule has 2 heterocycles. The summed E-state index contributed by atoms with van der Waals surface area (Å²) in [6.45, 7) is 0.947. The second-order valence-corrected chi connectivity index (χ2v) is 6.35. The van der Waals surface area contributed by atoms with Crippen molar-refractivity contribution in [1.82, 2.24) is 10.3 Å². The standard InChI is InChI=1S/C16H16ClN3/c17-16-12-7-14-11(6-9(4-5-18)8-19-14)10-2-1-3-13(20-16)15(10)12/h1-3,9,11,14,19-20H,4,6-8H2/t9-,11?,14-/m1/s1. The number of aromatic nitrogens is 1. The highest BCUT2D eigenvalue weighted by Gasteiger charge is 2.37. The SMILES string of the molecule is N#CC[C@H]1CN[C@@H]2Cc3c(Cl)[nH]c4cccc(c34)C2C1. The molecule has 0 bridgehead atoms. The van der Waals surface area contributed by atoms with Crippen molar-refractivity contribution in [2.75, 3.05) is 6.54 Å². The molecule has 0 radical (unpaired) electrons. The highest BCUT2D eigenvalue weighted by Crippen LogP contribution is 2.44. The summed E-state index contributed by atoms with van der Waals surface area (Å²) < 4.78 is 0. The molecule has 1 saturated heterocycles. The quantitative estimate of drug-likeness (QED) is 0.844. The molecule has 2 aromatic rings. The second kappa shape index (κ2) is 4.51. The molecule has 1 aromatic carbocycles. The molecular formula is C16H16ClN3. The lowest BCUT2D eigenvalue weighted by atomic mass is 9.73. The Morgan fingerprint density at radius 1 is 1.40 bits per heavy atom. The van der Waals surface area contributed by atoms with Gasteiger partial charge in [0.05, 0.1) is 6.07 Å². The molecule has 1 aliphatic heterocycles. The van der Waals surface area contributed by atoms with Crippen molar-refractivity contribution < 1.29 is 0 Å². The Labute approximate surface area is 122 Å². The van der Waals surface area contributed by atoms with Crippen LogP contribution < -0.4 is 5.32 Å². The number of hydrogen-bond donors (Lipinski definition) is 2. The minimum absolute atomic E-state index is 0.455. The van der Waals surface area contributed by atoms with Crippen LogP contribution in [0.25, 0.3) is 10.9 Å². The molecule has 0 amide bonds. The minimum Gasteiger partial charge on any atom is -0.345 e. The molecule has 0 spiro atoms. The van der Waals surface area contributed by atoms with E-state index in [1.807, 2.05) is 0 Å². The first kappa shape index (κ1) is 12.3. The summed E-state index contributed by atoms with van der Waals surface area (Å²) in [5.41, 5.74) is 3.79. The largest absolute Gasteiger partial charge is 0.345 e. The van der Waals surface area contributed by atoms with Crippen LogP contribution in [-0.2, 0) is 6.42 Å². The molecule has 102 valence electrons. The normalized spacial score (nSPS) is 28.1. The van der Waals surface area contributed by atoms with E-state index in [0.717, 1.165) is 30.1 Å². The Bertz CT molecular complexity index is 712. The third kappa shape index (κ3) is 1.69. The van der Waals surface area contributed by atoms with Crippen molar-refractivity contribution in [3.8, 4) is 6.07 Å². The predicted octanol–water partition coefficient (Wildman–Crippen LogP) is 3.35. The molecule has 1 aromatic heterocycles. The van der Waals surface area contributed by atoms with Gasteiger partial charge in [0.1, 0.15) is 5.15 Å². The number of fused-ring (bicyclic) bond motifs is 2. The average Bonchev–Trinajstić information content (AvgIpc) is 2.78. The summed E-state index contributed by atoms with van der Waals surface area (Å²) in [6, 6.07) is 9.19. The third-order valence-electron chi connectivity index (χ3n) is 4.85. The number of aromatic amines is 1. The Kier molecular flexibility index (Phi) is 2.76. The van der Waals surface area contributed by atoms with Crippen LogP contribution in [-0.4, -0.2) is 17.6 Å². The molecule has 1 fully saturated rings. The summed E-state index contributed by atoms with van der Waals surface area (Å²) in [6.07, 6.45) is 2.74. The van der Waals surface area contributed by atoms with Crippen molar-refractivity contribution in [1.29, 1.82) is 5.26 Å². The molecule has 3 nitrogen and oxygen atoms in total. The zero-order valence-corrected chi connectivity index (χ0v) is 11.9. The maximum absolute atomic E-state index is 8.93. The zero-order chi connectivity index (χ0) is 13.7. The van der Waals surface area contributed by atoms with Crippen LogP contribution in [0, 0.1) is 17.2 Å². The van der Waals surface area contributed by atoms with E-state index >= 15 is 0 Å². The van der Waals surface area contributed by atoms with E-state index in [4.69, 9.17) is 16.9 Å². The molecule has 4 heteroatoms. The van der Waals surface area contributed by atoms with Crippen molar-refractivity contribution in [2.45, 2.75) is 31.2 Å². The fourth-order valence-corrected chi connectivity index (χ4v) is 4.22. The fraction of sp³-hybridized carbons (Fsp3) is 0.438. The first-order valence-electron chi connectivity index (χ1n) is 7.17. The van der Waals surface area contributed by atoms with E-state index in [0.29, 0.717) is 24.3 Å². The van der Waals surface area contributed by atoms with Crippen molar-refractivity contribution in [3.63, 3.8) is 0 Å². The average molecular weight is 286 g/mol. The number of halogens is 1. The Morgan fingerprint density at radius 3 is 3.15 bits per heavy atom. The number of piperidine rings is 1. The van der Waals surface area contributed by atoms with Gasteiger partial charge in [0.15, 0.2) is 0 Å². The van der Waals surface area contributed by atoms with Gasteiger partial charge in [-0.3, -0.25) is 0 Å². The lowest BCUT2D eigenvalue weighted by Gasteiger charge is -2.40. The number of nitrogens with zero attached hydrogens (tertiary/aromatic N) is 1.